The van der Waals surface area contributed by atoms with E-state index in [1.165, 1.54) is 52.1 Å². The summed E-state index contributed by atoms with van der Waals surface area (Å²) in [5, 5.41) is 3.42. The van der Waals surface area contributed by atoms with Crippen molar-refractivity contribution in [3.8, 4) is 0 Å². The maximum Gasteiger partial charge on any atom is 0.0207 e. The van der Waals surface area contributed by atoms with E-state index in [4.69, 9.17) is 0 Å². The predicted molar refractivity (Wildman–Crippen MR) is 66.6 cm³/mol. The molecule has 2 atom stereocenters. The van der Waals surface area contributed by atoms with Crippen molar-refractivity contribution in [3.05, 3.63) is 0 Å². The highest BCUT2D eigenvalue weighted by Gasteiger charge is 2.49. The van der Waals surface area contributed by atoms with Gasteiger partial charge in [0.1, 0.15) is 0 Å². The van der Waals surface area contributed by atoms with Gasteiger partial charge < -0.3 is 10.2 Å². The molecule has 16 heavy (non-hydrogen) atoms. The van der Waals surface area contributed by atoms with E-state index >= 15 is 0 Å². The van der Waals surface area contributed by atoms with Gasteiger partial charge >= 0.3 is 0 Å². The van der Waals surface area contributed by atoms with Crippen LogP contribution in [-0.4, -0.2) is 61.2 Å². The molecule has 3 nitrogen and oxygen atoms in total. The first-order valence-corrected chi connectivity index (χ1v) is 6.91. The maximum atomic E-state index is 3.42. The van der Waals surface area contributed by atoms with E-state index in [0.717, 1.165) is 12.1 Å². The summed E-state index contributed by atoms with van der Waals surface area (Å²) < 4.78 is 0. The first-order valence-electron chi connectivity index (χ1n) is 6.91. The zero-order valence-electron chi connectivity index (χ0n) is 10.7. The number of hydrogen-bond acceptors (Lipinski definition) is 3. The number of piperidine rings is 1. The summed E-state index contributed by atoms with van der Waals surface area (Å²) in [5.41, 5.74) is 0.700. The van der Waals surface area contributed by atoms with E-state index in [1.54, 1.807) is 0 Å². The second-order valence-electron chi connectivity index (χ2n) is 6.16. The predicted octanol–water partition coefficient (Wildman–Crippen LogP) is 0.764. The minimum Gasteiger partial charge on any atom is -0.315 e. The van der Waals surface area contributed by atoms with Crippen LogP contribution in [0.3, 0.4) is 0 Å². The van der Waals surface area contributed by atoms with Gasteiger partial charge in [0.2, 0.25) is 0 Å². The Balaban J connectivity index is 1.50. The Bertz CT molecular complexity index is 254. The molecule has 0 amide bonds. The third-order valence-corrected chi connectivity index (χ3v) is 4.99. The molecule has 0 aromatic carbocycles. The minimum atomic E-state index is 0.700. The van der Waals surface area contributed by atoms with Crippen LogP contribution in [0, 0.1) is 5.41 Å². The molecule has 0 aromatic heterocycles. The summed E-state index contributed by atoms with van der Waals surface area (Å²) in [5.74, 6) is 0. The van der Waals surface area contributed by atoms with Crippen molar-refractivity contribution in [2.24, 2.45) is 5.41 Å². The van der Waals surface area contributed by atoms with Crippen LogP contribution in [0.4, 0.5) is 0 Å². The fourth-order valence-corrected chi connectivity index (χ4v) is 3.77. The standard InChI is InChI=1S/C13H25N3/c1-3-15-5-4-12(6-11(15)2)16-9-13(10-16)7-14-8-13/h11-12,14H,3-10H2,1-2H3/t11-,12?/m0/s1. The lowest BCUT2D eigenvalue weighted by Gasteiger charge is -2.59. The molecule has 92 valence electrons. The van der Waals surface area contributed by atoms with Crippen molar-refractivity contribution < 1.29 is 0 Å². The summed E-state index contributed by atoms with van der Waals surface area (Å²) >= 11 is 0. The van der Waals surface area contributed by atoms with Crippen molar-refractivity contribution in [3.63, 3.8) is 0 Å². The molecule has 1 spiro atoms. The largest absolute Gasteiger partial charge is 0.315 e. The lowest BCUT2D eigenvalue weighted by atomic mass is 9.73. The lowest BCUT2D eigenvalue weighted by molar-refractivity contribution is -0.0819. The molecule has 0 aromatic rings. The quantitative estimate of drug-likeness (QED) is 0.746. The maximum absolute atomic E-state index is 3.42. The SMILES string of the molecule is CCN1CCC(N2CC3(CNC3)C2)C[C@@H]1C. The molecule has 0 bridgehead atoms. The van der Waals surface area contributed by atoms with E-state index in [0.29, 0.717) is 5.41 Å². The van der Waals surface area contributed by atoms with Crippen molar-refractivity contribution in [1.82, 2.24) is 15.1 Å². The smallest absolute Gasteiger partial charge is 0.0207 e. The third-order valence-electron chi connectivity index (χ3n) is 4.99. The van der Waals surface area contributed by atoms with Crippen LogP contribution in [0.1, 0.15) is 26.7 Å². The Morgan fingerprint density at radius 1 is 1.31 bits per heavy atom. The topological polar surface area (TPSA) is 18.5 Å². The summed E-state index contributed by atoms with van der Waals surface area (Å²) in [6.07, 6.45) is 2.78. The summed E-state index contributed by atoms with van der Waals surface area (Å²) in [6.45, 7) is 12.5. The molecule has 3 fully saturated rings. The molecule has 3 rings (SSSR count). The van der Waals surface area contributed by atoms with Crippen LogP contribution in [0.15, 0.2) is 0 Å². The molecular formula is C13H25N3. The average molecular weight is 223 g/mol. The average Bonchev–Trinajstić information content (AvgIpc) is 2.13. The molecule has 3 aliphatic rings. The Morgan fingerprint density at radius 2 is 2.06 bits per heavy atom. The molecule has 1 N–H and O–H groups in total. The van der Waals surface area contributed by atoms with Crippen molar-refractivity contribution in [2.75, 3.05) is 39.3 Å². The van der Waals surface area contributed by atoms with Crippen LogP contribution < -0.4 is 5.32 Å². The number of likely N-dealkylation sites (tertiary alicyclic amines) is 2. The van der Waals surface area contributed by atoms with Gasteiger partial charge in [0, 0.05) is 43.7 Å². The van der Waals surface area contributed by atoms with Gasteiger partial charge in [-0.15, -0.1) is 0 Å². The second-order valence-corrected chi connectivity index (χ2v) is 6.16. The first-order chi connectivity index (χ1) is 7.72. The number of rotatable bonds is 2. The van der Waals surface area contributed by atoms with Gasteiger partial charge in [-0.1, -0.05) is 6.92 Å². The Hall–Kier alpha value is -0.120. The van der Waals surface area contributed by atoms with Crippen LogP contribution in [0.25, 0.3) is 0 Å². The fourth-order valence-electron chi connectivity index (χ4n) is 3.77. The zero-order chi connectivity index (χ0) is 11.2. The van der Waals surface area contributed by atoms with E-state index in [-0.39, 0.29) is 0 Å². The van der Waals surface area contributed by atoms with Crippen LogP contribution >= 0.6 is 0 Å². The highest BCUT2D eigenvalue weighted by atomic mass is 15.3. The molecule has 3 aliphatic heterocycles. The molecule has 3 saturated heterocycles. The lowest BCUT2D eigenvalue weighted by Crippen LogP contribution is -2.73. The van der Waals surface area contributed by atoms with E-state index in [1.807, 2.05) is 0 Å². The van der Waals surface area contributed by atoms with E-state index < -0.39 is 0 Å². The van der Waals surface area contributed by atoms with E-state index in [2.05, 4.69) is 29.0 Å². The molecule has 0 aliphatic carbocycles. The summed E-state index contributed by atoms with van der Waals surface area (Å²) in [4.78, 5) is 5.36. The van der Waals surface area contributed by atoms with Gasteiger partial charge in [-0.2, -0.15) is 0 Å². The van der Waals surface area contributed by atoms with Gasteiger partial charge in [0.05, 0.1) is 0 Å². The van der Waals surface area contributed by atoms with Gasteiger partial charge in [-0.05, 0) is 32.9 Å². The van der Waals surface area contributed by atoms with Gasteiger partial charge in [0.25, 0.3) is 0 Å². The van der Waals surface area contributed by atoms with Gasteiger partial charge in [-0.25, -0.2) is 0 Å². The van der Waals surface area contributed by atoms with Gasteiger partial charge in [-0.3, -0.25) is 4.90 Å². The van der Waals surface area contributed by atoms with Crippen molar-refractivity contribution >= 4 is 0 Å². The molecule has 3 heteroatoms. The molecule has 3 heterocycles. The third kappa shape index (κ3) is 1.69. The second kappa shape index (κ2) is 3.97. The Labute approximate surface area is 99.2 Å². The Morgan fingerprint density at radius 3 is 2.56 bits per heavy atom. The number of nitrogens with one attached hydrogen (secondary N) is 1. The van der Waals surface area contributed by atoms with Crippen LogP contribution in [-0.2, 0) is 0 Å². The molecule has 0 radical (unpaired) electrons. The number of nitrogens with zero attached hydrogens (tertiary/aromatic N) is 2. The minimum absolute atomic E-state index is 0.700. The molecular weight excluding hydrogens is 198 g/mol. The molecule has 0 saturated carbocycles. The van der Waals surface area contributed by atoms with Crippen molar-refractivity contribution in [2.45, 2.75) is 38.8 Å². The van der Waals surface area contributed by atoms with Gasteiger partial charge in [0.15, 0.2) is 0 Å². The van der Waals surface area contributed by atoms with Crippen molar-refractivity contribution in [1.29, 1.82) is 0 Å². The monoisotopic (exact) mass is 223 g/mol. The molecule has 1 unspecified atom stereocenters. The van der Waals surface area contributed by atoms with E-state index in [9.17, 15) is 0 Å². The summed E-state index contributed by atoms with van der Waals surface area (Å²) in [7, 11) is 0. The highest BCUT2D eigenvalue weighted by Crippen LogP contribution is 2.37. The van der Waals surface area contributed by atoms with Crippen LogP contribution in [0.5, 0.6) is 0 Å². The first kappa shape index (κ1) is 11.0. The normalized spacial score (nSPS) is 39.4. The summed E-state index contributed by atoms with van der Waals surface area (Å²) in [6, 6.07) is 1.67. The zero-order valence-corrected chi connectivity index (χ0v) is 10.7. The highest BCUT2D eigenvalue weighted by molar-refractivity contribution is 5.06. The Kier molecular flexibility index (Phi) is 2.73. The number of hydrogen-bond donors (Lipinski definition) is 1. The fraction of sp³-hybridized carbons (Fsp3) is 1.00. The van der Waals surface area contributed by atoms with Crippen LogP contribution in [0.2, 0.25) is 0 Å².